The monoisotopic (exact) mass is 358 g/mol. The van der Waals surface area contributed by atoms with Crippen LogP contribution in [0.4, 0.5) is 0 Å². The van der Waals surface area contributed by atoms with Crippen LogP contribution in [0.1, 0.15) is 5.56 Å². The number of H-pyrrole nitrogens is 1. The third-order valence-corrected chi connectivity index (χ3v) is 5.30. The van der Waals surface area contributed by atoms with E-state index in [4.69, 9.17) is 4.42 Å². The van der Waals surface area contributed by atoms with Crippen molar-refractivity contribution in [1.29, 1.82) is 0 Å². The molecular formula is C22H22N4O. The van der Waals surface area contributed by atoms with Crippen molar-refractivity contribution in [3.05, 3.63) is 66.9 Å². The molecule has 27 heavy (non-hydrogen) atoms. The molecule has 5 heteroatoms. The summed E-state index contributed by atoms with van der Waals surface area (Å²) in [5, 5.41) is 4.54. The Kier molecular flexibility index (Phi) is 4.24. The molecule has 4 heterocycles. The van der Waals surface area contributed by atoms with E-state index in [9.17, 15) is 0 Å². The predicted molar refractivity (Wildman–Crippen MR) is 107 cm³/mol. The van der Waals surface area contributed by atoms with Gasteiger partial charge in [-0.3, -0.25) is 4.90 Å². The number of aromatic nitrogens is 2. The minimum absolute atomic E-state index is 0.898. The van der Waals surface area contributed by atoms with E-state index in [2.05, 4.69) is 50.5 Å². The molecule has 2 N–H and O–H groups in total. The van der Waals surface area contributed by atoms with Gasteiger partial charge in [0.05, 0.1) is 12.5 Å². The summed E-state index contributed by atoms with van der Waals surface area (Å²) in [6.07, 6.45) is 7.44. The van der Waals surface area contributed by atoms with E-state index >= 15 is 0 Å². The van der Waals surface area contributed by atoms with Crippen LogP contribution in [-0.2, 0) is 6.54 Å². The van der Waals surface area contributed by atoms with Gasteiger partial charge in [0.2, 0.25) is 0 Å². The summed E-state index contributed by atoms with van der Waals surface area (Å²) in [7, 11) is 0. The largest absolute Gasteiger partial charge is 0.472 e. The first-order valence-electron chi connectivity index (χ1n) is 9.39. The zero-order valence-corrected chi connectivity index (χ0v) is 15.1. The molecular weight excluding hydrogens is 336 g/mol. The first kappa shape index (κ1) is 16.3. The Hall–Kier alpha value is -2.89. The van der Waals surface area contributed by atoms with E-state index in [1.165, 1.54) is 11.1 Å². The van der Waals surface area contributed by atoms with Crippen molar-refractivity contribution in [2.24, 2.45) is 0 Å². The normalized spacial score (nSPS) is 15.4. The van der Waals surface area contributed by atoms with Crippen molar-refractivity contribution in [2.45, 2.75) is 6.54 Å². The molecule has 5 rings (SSSR count). The molecule has 1 fully saturated rings. The number of furan rings is 1. The van der Waals surface area contributed by atoms with Gasteiger partial charge in [0, 0.05) is 67.2 Å². The molecule has 0 saturated carbocycles. The second kappa shape index (κ2) is 7.02. The van der Waals surface area contributed by atoms with Crippen molar-refractivity contribution >= 4 is 11.0 Å². The van der Waals surface area contributed by atoms with Crippen molar-refractivity contribution in [2.75, 3.05) is 26.2 Å². The van der Waals surface area contributed by atoms with Gasteiger partial charge >= 0.3 is 0 Å². The Morgan fingerprint density at radius 3 is 2.78 bits per heavy atom. The van der Waals surface area contributed by atoms with Gasteiger partial charge in [0.1, 0.15) is 5.65 Å². The molecule has 0 amide bonds. The Labute approximate surface area is 158 Å². The number of hydrogen-bond acceptors (Lipinski definition) is 4. The van der Waals surface area contributed by atoms with Crippen molar-refractivity contribution < 1.29 is 4.42 Å². The van der Waals surface area contributed by atoms with Crippen LogP contribution in [-0.4, -0.2) is 41.0 Å². The van der Waals surface area contributed by atoms with Crippen LogP contribution in [0.25, 0.3) is 33.3 Å². The molecule has 3 aromatic heterocycles. The second-order valence-electron chi connectivity index (χ2n) is 7.02. The van der Waals surface area contributed by atoms with Gasteiger partial charge in [0.25, 0.3) is 0 Å². The summed E-state index contributed by atoms with van der Waals surface area (Å²) in [5.41, 5.74) is 6.83. The maximum atomic E-state index is 5.26. The molecule has 1 saturated heterocycles. The highest BCUT2D eigenvalue weighted by atomic mass is 16.3. The van der Waals surface area contributed by atoms with E-state index in [1.807, 2.05) is 18.5 Å². The number of pyridine rings is 1. The van der Waals surface area contributed by atoms with Gasteiger partial charge in [-0.15, -0.1) is 0 Å². The van der Waals surface area contributed by atoms with E-state index in [1.54, 1.807) is 12.5 Å². The van der Waals surface area contributed by atoms with Gasteiger partial charge in [-0.05, 0) is 23.3 Å². The van der Waals surface area contributed by atoms with Crippen LogP contribution in [0.15, 0.2) is 65.7 Å². The minimum Gasteiger partial charge on any atom is -0.472 e. The first-order valence-corrected chi connectivity index (χ1v) is 9.39. The maximum Gasteiger partial charge on any atom is 0.137 e. The number of hydrogen-bond donors (Lipinski definition) is 2. The smallest absolute Gasteiger partial charge is 0.137 e. The Balaban J connectivity index is 1.54. The third-order valence-electron chi connectivity index (χ3n) is 5.30. The van der Waals surface area contributed by atoms with Crippen molar-refractivity contribution in [1.82, 2.24) is 20.2 Å². The third kappa shape index (κ3) is 3.16. The number of fused-ring (bicyclic) bond motifs is 1. The van der Waals surface area contributed by atoms with Crippen LogP contribution < -0.4 is 5.32 Å². The molecule has 0 radical (unpaired) electrons. The van der Waals surface area contributed by atoms with Crippen molar-refractivity contribution in [3.8, 4) is 22.3 Å². The van der Waals surface area contributed by atoms with Gasteiger partial charge in [0.15, 0.2) is 0 Å². The fraction of sp³-hybridized carbons (Fsp3) is 0.227. The van der Waals surface area contributed by atoms with E-state index in [0.29, 0.717) is 0 Å². The van der Waals surface area contributed by atoms with Crippen LogP contribution in [0.5, 0.6) is 0 Å². The van der Waals surface area contributed by atoms with Gasteiger partial charge < -0.3 is 14.7 Å². The van der Waals surface area contributed by atoms with Gasteiger partial charge in [-0.2, -0.15) is 0 Å². The average Bonchev–Trinajstić information content (AvgIpc) is 3.38. The number of benzene rings is 1. The van der Waals surface area contributed by atoms with E-state index < -0.39 is 0 Å². The fourth-order valence-electron chi connectivity index (χ4n) is 3.86. The fourth-order valence-corrected chi connectivity index (χ4v) is 3.86. The lowest BCUT2D eigenvalue weighted by Gasteiger charge is -2.28. The topological polar surface area (TPSA) is 57.1 Å². The number of piperazine rings is 1. The lowest BCUT2D eigenvalue weighted by molar-refractivity contribution is 0.233. The molecule has 1 aliphatic rings. The minimum atomic E-state index is 0.898. The lowest BCUT2D eigenvalue weighted by atomic mass is 9.98. The van der Waals surface area contributed by atoms with Gasteiger partial charge in [-0.25, -0.2) is 4.98 Å². The molecule has 0 aliphatic carbocycles. The molecule has 1 aliphatic heterocycles. The number of nitrogens with zero attached hydrogens (tertiary/aromatic N) is 2. The van der Waals surface area contributed by atoms with Crippen LogP contribution >= 0.6 is 0 Å². The predicted octanol–water partition coefficient (Wildman–Crippen LogP) is 3.90. The molecule has 0 bridgehead atoms. The molecule has 0 spiro atoms. The molecule has 4 aromatic rings. The molecule has 0 atom stereocenters. The summed E-state index contributed by atoms with van der Waals surface area (Å²) in [6.45, 7) is 5.28. The van der Waals surface area contributed by atoms with Crippen LogP contribution in [0.2, 0.25) is 0 Å². The molecule has 5 nitrogen and oxygen atoms in total. The SMILES string of the molecule is c1ccc(-c2cnc3[nH]cc(-c4ccoc4)c3c2)c(CN2CCNCC2)c1. The van der Waals surface area contributed by atoms with Gasteiger partial charge in [-0.1, -0.05) is 24.3 Å². The Bertz CT molecular complexity index is 1050. The van der Waals surface area contributed by atoms with Crippen molar-refractivity contribution in [3.63, 3.8) is 0 Å². The van der Waals surface area contributed by atoms with Crippen LogP contribution in [0.3, 0.4) is 0 Å². The maximum absolute atomic E-state index is 5.26. The summed E-state index contributed by atoms with van der Waals surface area (Å²) < 4.78 is 5.26. The lowest BCUT2D eigenvalue weighted by Crippen LogP contribution is -2.42. The van der Waals surface area contributed by atoms with E-state index in [0.717, 1.165) is 60.4 Å². The quantitative estimate of drug-likeness (QED) is 0.581. The highest BCUT2D eigenvalue weighted by Gasteiger charge is 2.14. The first-order chi connectivity index (χ1) is 13.4. The van der Waals surface area contributed by atoms with Crippen LogP contribution in [0, 0.1) is 0 Å². The zero-order chi connectivity index (χ0) is 18.1. The number of nitrogens with one attached hydrogen (secondary N) is 2. The van der Waals surface area contributed by atoms with E-state index in [-0.39, 0.29) is 0 Å². The highest BCUT2D eigenvalue weighted by Crippen LogP contribution is 2.32. The standard InChI is InChI=1S/C22H22N4O/c1-2-4-19(16(3-1)14-26-8-6-23-7-9-26)18-11-20-21(17-5-10-27-15-17)13-25-22(20)24-12-18/h1-5,10-13,15,23H,6-9,14H2,(H,24,25). The average molecular weight is 358 g/mol. The molecule has 0 unspecified atom stereocenters. The summed E-state index contributed by atoms with van der Waals surface area (Å²) in [5.74, 6) is 0. The number of aromatic amines is 1. The Morgan fingerprint density at radius 2 is 1.93 bits per heavy atom. The summed E-state index contributed by atoms with van der Waals surface area (Å²) >= 11 is 0. The number of rotatable bonds is 4. The Morgan fingerprint density at radius 1 is 1.04 bits per heavy atom. The second-order valence-corrected chi connectivity index (χ2v) is 7.02. The zero-order valence-electron chi connectivity index (χ0n) is 15.1. The molecule has 136 valence electrons. The summed E-state index contributed by atoms with van der Waals surface area (Å²) in [4.78, 5) is 10.4. The summed E-state index contributed by atoms with van der Waals surface area (Å²) in [6, 6.07) is 12.9. The molecule has 1 aromatic carbocycles. The highest BCUT2D eigenvalue weighted by molar-refractivity contribution is 5.95.